The number of aromatic carboxylic acids is 1. The lowest BCUT2D eigenvalue weighted by atomic mass is 9.70. The highest BCUT2D eigenvalue weighted by Crippen LogP contribution is 2.43. The number of nitrogens with one attached hydrogen (secondary N) is 1. The van der Waals surface area contributed by atoms with Crippen LogP contribution in [0.4, 0.5) is 0 Å². The van der Waals surface area contributed by atoms with E-state index in [1.807, 2.05) is 29.2 Å². The first-order valence-electron chi connectivity index (χ1n) is 14.4. The van der Waals surface area contributed by atoms with Gasteiger partial charge in [0, 0.05) is 29.7 Å². The number of benzene rings is 3. The number of halogens is 1. The van der Waals surface area contributed by atoms with Crippen molar-refractivity contribution in [1.29, 1.82) is 0 Å². The molecule has 7 heteroatoms. The van der Waals surface area contributed by atoms with Crippen molar-refractivity contribution in [1.82, 2.24) is 10.2 Å². The summed E-state index contributed by atoms with van der Waals surface area (Å²) in [4.78, 5) is 40.7. The molecular formula is C34H37ClN2O4. The van der Waals surface area contributed by atoms with Gasteiger partial charge < -0.3 is 15.3 Å². The van der Waals surface area contributed by atoms with Gasteiger partial charge in [-0.3, -0.25) is 9.59 Å². The van der Waals surface area contributed by atoms with E-state index in [-0.39, 0.29) is 34.8 Å². The summed E-state index contributed by atoms with van der Waals surface area (Å²) in [6.07, 6.45) is 4.38. The Morgan fingerprint density at radius 1 is 0.878 bits per heavy atom. The summed E-state index contributed by atoms with van der Waals surface area (Å²) in [6, 6.07) is 21.7. The summed E-state index contributed by atoms with van der Waals surface area (Å²) in [5, 5.41) is 13.3. The zero-order chi connectivity index (χ0) is 29.1. The number of carbonyl (C=O) groups excluding carboxylic acids is 2. The van der Waals surface area contributed by atoms with Crippen molar-refractivity contribution >= 4 is 29.4 Å². The molecule has 0 radical (unpaired) electrons. The maximum absolute atomic E-state index is 13.9. The lowest BCUT2D eigenvalue weighted by Crippen LogP contribution is -2.54. The van der Waals surface area contributed by atoms with Gasteiger partial charge in [-0.15, -0.1) is 0 Å². The van der Waals surface area contributed by atoms with Crippen LogP contribution in [0.3, 0.4) is 0 Å². The van der Waals surface area contributed by atoms with E-state index in [1.54, 1.807) is 36.4 Å². The fourth-order valence-electron chi connectivity index (χ4n) is 6.62. The molecule has 1 saturated carbocycles. The molecule has 1 heterocycles. The van der Waals surface area contributed by atoms with E-state index < -0.39 is 5.97 Å². The molecule has 41 heavy (non-hydrogen) atoms. The Bertz CT molecular complexity index is 1430. The van der Waals surface area contributed by atoms with Gasteiger partial charge >= 0.3 is 5.97 Å². The van der Waals surface area contributed by atoms with E-state index in [0.29, 0.717) is 24.6 Å². The highest BCUT2D eigenvalue weighted by molar-refractivity contribution is 6.30. The SMILES string of the molecule is CC1(C)CN(C(=O)[C@H]2CCCC[C@H]2NC(=O)c2cccc(-c3cccc(C(=O)O)c3)c2)CCC1c1ccc(Cl)cc1. The number of carboxylic acid groups (broad SMARTS) is 1. The number of amides is 2. The molecule has 1 unspecified atom stereocenters. The molecule has 214 valence electrons. The largest absolute Gasteiger partial charge is 0.478 e. The van der Waals surface area contributed by atoms with Crippen molar-refractivity contribution < 1.29 is 19.5 Å². The van der Waals surface area contributed by atoms with Crippen LogP contribution in [0.5, 0.6) is 0 Å². The highest BCUT2D eigenvalue weighted by Gasteiger charge is 2.42. The molecule has 3 atom stereocenters. The maximum atomic E-state index is 13.9. The molecule has 2 amide bonds. The molecule has 2 aliphatic rings. The molecule has 5 rings (SSSR count). The van der Waals surface area contributed by atoms with Crippen LogP contribution in [0.1, 0.15) is 78.1 Å². The van der Waals surface area contributed by atoms with E-state index >= 15 is 0 Å². The summed E-state index contributed by atoms with van der Waals surface area (Å²) in [7, 11) is 0. The third-order valence-corrected chi connectivity index (χ3v) is 9.03. The summed E-state index contributed by atoms with van der Waals surface area (Å²) >= 11 is 6.11. The van der Waals surface area contributed by atoms with Gasteiger partial charge in [-0.2, -0.15) is 0 Å². The molecule has 0 aromatic heterocycles. The molecule has 3 aromatic rings. The van der Waals surface area contributed by atoms with Gasteiger partial charge in [0.1, 0.15) is 0 Å². The monoisotopic (exact) mass is 572 g/mol. The van der Waals surface area contributed by atoms with Crippen molar-refractivity contribution in [2.75, 3.05) is 13.1 Å². The van der Waals surface area contributed by atoms with Crippen LogP contribution in [-0.2, 0) is 4.79 Å². The van der Waals surface area contributed by atoms with Gasteiger partial charge in [0.05, 0.1) is 11.5 Å². The van der Waals surface area contributed by atoms with Crippen LogP contribution in [0.25, 0.3) is 11.1 Å². The Balaban J connectivity index is 1.28. The standard InChI is InChI=1S/C34H37ClN2O4/c1-34(2)21-37(18-17-29(34)22-13-15-27(35)16-14-22)32(39)28-11-3-4-12-30(28)36-31(38)25-9-5-7-23(19-25)24-8-6-10-26(20-24)33(40)41/h5-10,13-16,19-20,28-30H,3-4,11-12,17-18,21H2,1-2H3,(H,36,38)(H,40,41)/t28-,29?,30+/m0/s1. The second-order valence-corrected chi connectivity index (χ2v) is 12.5. The van der Waals surface area contributed by atoms with Crippen molar-refractivity contribution in [2.24, 2.45) is 11.3 Å². The Kier molecular flexibility index (Phi) is 8.50. The van der Waals surface area contributed by atoms with Crippen LogP contribution in [0.2, 0.25) is 5.02 Å². The van der Waals surface area contributed by atoms with Crippen LogP contribution >= 0.6 is 11.6 Å². The minimum absolute atomic E-state index is 0.0897. The first-order valence-corrected chi connectivity index (χ1v) is 14.8. The zero-order valence-electron chi connectivity index (χ0n) is 23.6. The van der Waals surface area contributed by atoms with Crippen LogP contribution in [-0.4, -0.2) is 46.9 Å². The Labute approximate surface area is 246 Å². The number of carbonyl (C=O) groups is 3. The number of rotatable bonds is 6. The summed E-state index contributed by atoms with van der Waals surface area (Å²) in [5.41, 5.74) is 3.35. The summed E-state index contributed by atoms with van der Waals surface area (Å²) in [5.74, 6) is -0.976. The number of piperidine rings is 1. The average molecular weight is 573 g/mol. The maximum Gasteiger partial charge on any atom is 0.335 e. The second kappa shape index (κ2) is 12.1. The predicted molar refractivity (Wildman–Crippen MR) is 161 cm³/mol. The average Bonchev–Trinajstić information content (AvgIpc) is 2.97. The molecule has 1 aliphatic heterocycles. The van der Waals surface area contributed by atoms with Crippen molar-refractivity contribution in [3.8, 4) is 11.1 Å². The Morgan fingerprint density at radius 2 is 1.51 bits per heavy atom. The van der Waals surface area contributed by atoms with E-state index in [9.17, 15) is 19.5 Å². The highest BCUT2D eigenvalue weighted by atomic mass is 35.5. The quantitative estimate of drug-likeness (QED) is 0.332. The fourth-order valence-corrected chi connectivity index (χ4v) is 6.74. The Morgan fingerprint density at radius 3 is 2.17 bits per heavy atom. The molecule has 1 aliphatic carbocycles. The van der Waals surface area contributed by atoms with Gasteiger partial charge in [-0.1, -0.05) is 74.7 Å². The lowest BCUT2D eigenvalue weighted by Gasteiger charge is -2.46. The summed E-state index contributed by atoms with van der Waals surface area (Å²) < 4.78 is 0. The minimum atomic E-state index is -0.994. The fraction of sp³-hybridized carbons (Fsp3) is 0.382. The predicted octanol–water partition coefficient (Wildman–Crippen LogP) is 7.04. The van der Waals surface area contributed by atoms with E-state index in [1.165, 1.54) is 5.56 Å². The zero-order valence-corrected chi connectivity index (χ0v) is 24.4. The van der Waals surface area contributed by atoms with Crippen LogP contribution in [0, 0.1) is 11.3 Å². The lowest BCUT2D eigenvalue weighted by molar-refractivity contribution is -0.141. The number of hydrogen-bond acceptors (Lipinski definition) is 3. The van der Waals surface area contributed by atoms with Crippen molar-refractivity contribution in [3.05, 3.63) is 94.5 Å². The van der Waals surface area contributed by atoms with E-state index in [2.05, 4.69) is 31.3 Å². The second-order valence-electron chi connectivity index (χ2n) is 12.1. The van der Waals surface area contributed by atoms with Gasteiger partial charge in [0.2, 0.25) is 5.91 Å². The third-order valence-electron chi connectivity index (χ3n) is 8.78. The summed E-state index contributed by atoms with van der Waals surface area (Å²) in [6.45, 7) is 5.83. The van der Waals surface area contributed by atoms with Crippen LogP contribution < -0.4 is 5.32 Å². The molecule has 2 fully saturated rings. The van der Waals surface area contributed by atoms with Gasteiger partial charge in [0.25, 0.3) is 5.91 Å². The molecule has 6 nitrogen and oxygen atoms in total. The number of likely N-dealkylation sites (tertiary alicyclic amines) is 1. The number of carboxylic acids is 1. The van der Waals surface area contributed by atoms with Crippen molar-refractivity contribution in [3.63, 3.8) is 0 Å². The first kappa shape index (κ1) is 28.9. The third kappa shape index (κ3) is 6.48. The normalized spacial score (nSPS) is 22.1. The Hall–Kier alpha value is -3.64. The molecule has 0 bridgehead atoms. The molecule has 3 aromatic carbocycles. The van der Waals surface area contributed by atoms with Crippen molar-refractivity contribution in [2.45, 2.75) is 57.9 Å². The number of hydrogen-bond donors (Lipinski definition) is 2. The number of nitrogens with zero attached hydrogens (tertiary/aromatic N) is 1. The van der Waals surface area contributed by atoms with E-state index in [4.69, 9.17) is 11.6 Å². The van der Waals surface area contributed by atoms with Crippen LogP contribution in [0.15, 0.2) is 72.8 Å². The molecular weight excluding hydrogens is 536 g/mol. The van der Waals surface area contributed by atoms with Gasteiger partial charge in [-0.05, 0) is 83.7 Å². The van der Waals surface area contributed by atoms with E-state index in [0.717, 1.165) is 48.3 Å². The molecule has 0 spiro atoms. The molecule has 1 saturated heterocycles. The minimum Gasteiger partial charge on any atom is -0.478 e. The first-order chi connectivity index (χ1) is 19.6. The topological polar surface area (TPSA) is 86.7 Å². The van der Waals surface area contributed by atoms with Gasteiger partial charge in [0.15, 0.2) is 0 Å². The van der Waals surface area contributed by atoms with Gasteiger partial charge in [-0.25, -0.2) is 4.79 Å². The smallest absolute Gasteiger partial charge is 0.335 e. The molecule has 2 N–H and O–H groups in total.